The number of carbonyl (C=O) groups excluding carboxylic acids is 2. The highest BCUT2D eigenvalue weighted by Gasteiger charge is 2.16. The fourth-order valence-corrected chi connectivity index (χ4v) is 2.17. The molecule has 0 spiro atoms. The first-order valence-corrected chi connectivity index (χ1v) is 6.68. The first-order valence-electron chi connectivity index (χ1n) is 6.68. The number of Topliss-reactive ketones (excluding diaryl/α,β-unsaturated/α-hetero) is 1. The Hall–Kier alpha value is -1.84. The molecule has 4 nitrogen and oxygen atoms in total. The first-order chi connectivity index (χ1) is 9.16. The summed E-state index contributed by atoms with van der Waals surface area (Å²) >= 11 is 0. The molecule has 1 heterocycles. The third-order valence-electron chi connectivity index (χ3n) is 3.33. The van der Waals surface area contributed by atoms with Gasteiger partial charge in [0, 0.05) is 18.7 Å². The van der Waals surface area contributed by atoms with Crippen LogP contribution in [0.3, 0.4) is 0 Å². The highest BCUT2D eigenvalue weighted by Crippen LogP contribution is 2.13. The van der Waals surface area contributed by atoms with Gasteiger partial charge in [-0.25, -0.2) is 0 Å². The van der Waals surface area contributed by atoms with Crippen molar-refractivity contribution in [2.75, 3.05) is 19.7 Å². The van der Waals surface area contributed by atoms with Crippen molar-refractivity contribution in [3.63, 3.8) is 0 Å². The Morgan fingerprint density at radius 3 is 2.32 bits per heavy atom. The molecule has 2 rings (SSSR count). The summed E-state index contributed by atoms with van der Waals surface area (Å²) in [5.74, 6) is 0.682. The number of ether oxygens (including phenoxy) is 1. The molecular weight excluding hydrogens is 242 g/mol. The Morgan fingerprint density at radius 2 is 1.74 bits per heavy atom. The van der Waals surface area contributed by atoms with Gasteiger partial charge in [-0.3, -0.25) is 9.59 Å². The van der Waals surface area contributed by atoms with E-state index in [9.17, 15) is 9.59 Å². The van der Waals surface area contributed by atoms with Crippen LogP contribution in [-0.2, 0) is 4.79 Å². The molecule has 0 radical (unpaired) electrons. The number of rotatable bonds is 4. The lowest BCUT2D eigenvalue weighted by Crippen LogP contribution is -2.38. The number of carbonyl (C=O) groups is 2. The lowest BCUT2D eigenvalue weighted by atomic mass is 10.1. The second-order valence-electron chi connectivity index (χ2n) is 4.81. The Bertz CT molecular complexity index is 447. The molecule has 0 aliphatic carbocycles. The maximum absolute atomic E-state index is 11.9. The third kappa shape index (κ3) is 3.81. The number of hydrogen-bond donors (Lipinski definition) is 0. The lowest BCUT2D eigenvalue weighted by Gasteiger charge is -2.26. The van der Waals surface area contributed by atoms with Crippen molar-refractivity contribution in [2.45, 2.75) is 26.2 Å². The first kappa shape index (κ1) is 13.6. The van der Waals surface area contributed by atoms with Crippen LogP contribution in [-0.4, -0.2) is 36.3 Å². The quantitative estimate of drug-likeness (QED) is 0.781. The average molecular weight is 261 g/mol. The van der Waals surface area contributed by atoms with Crippen LogP contribution >= 0.6 is 0 Å². The summed E-state index contributed by atoms with van der Waals surface area (Å²) in [6.07, 6.45) is 3.37. The van der Waals surface area contributed by atoms with E-state index in [2.05, 4.69) is 0 Å². The van der Waals surface area contributed by atoms with Gasteiger partial charge >= 0.3 is 0 Å². The van der Waals surface area contributed by atoms with E-state index in [1.807, 2.05) is 4.90 Å². The number of nitrogens with zero attached hydrogens (tertiary/aromatic N) is 1. The third-order valence-corrected chi connectivity index (χ3v) is 3.33. The summed E-state index contributed by atoms with van der Waals surface area (Å²) in [5, 5.41) is 0. The van der Waals surface area contributed by atoms with Crippen LogP contribution in [0.1, 0.15) is 36.5 Å². The fourth-order valence-electron chi connectivity index (χ4n) is 2.17. The minimum Gasteiger partial charge on any atom is -0.484 e. The lowest BCUT2D eigenvalue weighted by molar-refractivity contribution is -0.134. The molecule has 0 N–H and O–H groups in total. The minimum absolute atomic E-state index is 0.0240. The van der Waals surface area contributed by atoms with Crippen LogP contribution in [0.5, 0.6) is 5.75 Å². The summed E-state index contributed by atoms with van der Waals surface area (Å²) in [5.41, 5.74) is 0.648. The molecule has 19 heavy (non-hydrogen) atoms. The van der Waals surface area contributed by atoms with Crippen LogP contribution in [0.4, 0.5) is 0 Å². The fraction of sp³-hybridized carbons (Fsp3) is 0.467. The van der Waals surface area contributed by atoms with Crippen molar-refractivity contribution in [2.24, 2.45) is 0 Å². The van der Waals surface area contributed by atoms with Gasteiger partial charge in [0.25, 0.3) is 5.91 Å². The highest BCUT2D eigenvalue weighted by atomic mass is 16.5. The molecule has 0 atom stereocenters. The van der Waals surface area contributed by atoms with Gasteiger partial charge in [0.15, 0.2) is 12.4 Å². The second kappa shape index (κ2) is 6.36. The number of likely N-dealkylation sites (tertiary alicyclic amines) is 1. The molecule has 1 aliphatic rings. The highest BCUT2D eigenvalue weighted by molar-refractivity contribution is 5.94. The molecular formula is C15H19NO3. The van der Waals surface area contributed by atoms with Crippen molar-refractivity contribution in [3.8, 4) is 5.75 Å². The number of benzene rings is 1. The van der Waals surface area contributed by atoms with Crippen LogP contribution in [0.25, 0.3) is 0 Å². The van der Waals surface area contributed by atoms with E-state index >= 15 is 0 Å². The predicted molar refractivity (Wildman–Crippen MR) is 72.4 cm³/mol. The van der Waals surface area contributed by atoms with Crippen molar-refractivity contribution in [3.05, 3.63) is 29.8 Å². The number of amides is 1. The Labute approximate surface area is 113 Å². The van der Waals surface area contributed by atoms with Crippen molar-refractivity contribution in [1.82, 2.24) is 4.90 Å². The standard InChI is InChI=1S/C15H19NO3/c1-12(17)13-5-7-14(8-6-13)19-11-15(18)16-9-3-2-4-10-16/h5-8H,2-4,9-11H2,1H3. The normalized spacial score (nSPS) is 15.1. The topological polar surface area (TPSA) is 46.6 Å². The smallest absolute Gasteiger partial charge is 0.260 e. The second-order valence-corrected chi connectivity index (χ2v) is 4.81. The van der Waals surface area contributed by atoms with Gasteiger partial charge < -0.3 is 9.64 Å². The maximum atomic E-state index is 11.9. The minimum atomic E-state index is 0.0240. The molecule has 1 amide bonds. The Kier molecular flexibility index (Phi) is 4.55. The van der Waals surface area contributed by atoms with E-state index < -0.39 is 0 Å². The van der Waals surface area contributed by atoms with E-state index in [0.717, 1.165) is 25.9 Å². The van der Waals surface area contributed by atoms with E-state index in [4.69, 9.17) is 4.74 Å². The van der Waals surface area contributed by atoms with E-state index in [-0.39, 0.29) is 18.3 Å². The van der Waals surface area contributed by atoms with Crippen molar-refractivity contribution < 1.29 is 14.3 Å². The number of ketones is 1. The molecule has 1 aromatic carbocycles. The number of hydrogen-bond acceptors (Lipinski definition) is 3. The molecule has 4 heteroatoms. The molecule has 1 aromatic rings. The molecule has 0 aromatic heterocycles. The number of piperidine rings is 1. The molecule has 0 unspecified atom stereocenters. The zero-order valence-corrected chi connectivity index (χ0v) is 11.2. The molecule has 1 fully saturated rings. The van der Waals surface area contributed by atoms with Gasteiger partial charge in [0.05, 0.1) is 0 Å². The molecule has 102 valence electrons. The average Bonchev–Trinajstić information content (AvgIpc) is 2.46. The molecule has 1 saturated heterocycles. The largest absolute Gasteiger partial charge is 0.484 e. The van der Waals surface area contributed by atoms with Crippen LogP contribution in [0.2, 0.25) is 0 Å². The molecule has 0 bridgehead atoms. The zero-order chi connectivity index (χ0) is 13.7. The monoisotopic (exact) mass is 261 g/mol. The summed E-state index contributed by atoms with van der Waals surface area (Å²) < 4.78 is 5.45. The van der Waals surface area contributed by atoms with Gasteiger partial charge in [-0.2, -0.15) is 0 Å². The van der Waals surface area contributed by atoms with Gasteiger partial charge in [0.1, 0.15) is 5.75 Å². The Balaban J connectivity index is 1.84. The van der Waals surface area contributed by atoms with Crippen molar-refractivity contribution in [1.29, 1.82) is 0 Å². The van der Waals surface area contributed by atoms with Crippen LogP contribution in [0.15, 0.2) is 24.3 Å². The van der Waals surface area contributed by atoms with Gasteiger partial charge in [-0.05, 0) is 50.5 Å². The molecule has 0 saturated carbocycles. The van der Waals surface area contributed by atoms with Gasteiger partial charge in [-0.1, -0.05) is 0 Å². The van der Waals surface area contributed by atoms with E-state index in [1.165, 1.54) is 13.3 Å². The van der Waals surface area contributed by atoms with E-state index in [1.54, 1.807) is 24.3 Å². The Morgan fingerprint density at radius 1 is 1.11 bits per heavy atom. The van der Waals surface area contributed by atoms with Gasteiger partial charge in [-0.15, -0.1) is 0 Å². The van der Waals surface area contributed by atoms with Crippen molar-refractivity contribution >= 4 is 11.7 Å². The maximum Gasteiger partial charge on any atom is 0.260 e. The zero-order valence-electron chi connectivity index (χ0n) is 11.2. The van der Waals surface area contributed by atoms with Gasteiger partial charge in [0.2, 0.25) is 0 Å². The summed E-state index contributed by atoms with van der Waals surface area (Å²) in [6, 6.07) is 6.87. The van der Waals surface area contributed by atoms with Crippen LogP contribution < -0.4 is 4.74 Å². The molecule has 1 aliphatic heterocycles. The summed E-state index contributed by atoms with van der Waals surface area (Å²) in [7, 11) is 0. The summed E-state index contributed by atoms with van der Waals surface area (Å²) in [4.78, 5) is 24.9. The summed E-state index contributed by atoms with van der Waals surface area (Å²) in [6.45, 7) is 3.27. The van der Waals surface area contributed by atoms with Crippen LogP contribution in [0, 0.1) is 0 Å². The van der Waals surface area contributed by atoms with E-state index in [0.29, 0.717) is 11.3 Å². The SMILES string of the molecule is CC(=O)c1ccc(OCC(=O)N2CCCCC2)cc1. The predicted octanol–water partition coefficient (Wildman–Crippen LogP) is 2.28.